The number of rotatable bonds is 8. The first kappa shape index (κ1) is 22.6. The number of sulfonamides is 1. The van der Waals surface area contributed by atoms with Crippen molar-refractivity contribution in [3.63, 3.8) is 0 Å². The molecule has 3 rings (SSSR count). The smallest absolute Gasteiger partial charge is 0.238 e. The zero-order valence-corrected chi connectivity index (χ0v) is 19.0. The molecule has 1 aromatic heterocycles. The molecule has 3 N–H and O–H groups in total. The second kappa shape index (κ2) is 9.38. The fourth-order valence-corrected chi connectivity index (χ4v) is 4.68. The molecule has 0 bridgehead atoms. The van der Waals surface area contributed by atoms with Crippen molar-refractivity contribution in [2.24, 2.45) is 5.14 Å². The maximum absolute atomic E-state index is 12.6. The number of benzene rings is 2. The Morgan fingerprint density at radius 3 is 2.70 bits per heavy atom. The molecule has 2 aromatic carbocycles. The molecule has 0 saturated carbocycles. The van der Waals surface area contributed by atoms with Crippen LogP contribution in [0.2, 0.25) is 5.02 Å². The van der Waals surface area contributed by atoms with Crippen LogP contribution in [0.15, 0.2) is 52.5 Å². The van der Waals surface area contributed by atoms with Crippen LogP contribution in [0.25, 0.3) is 11.0 Å². The van der Waals surface area contributed by atoms with Gasteiger partial charge in [0.25, 0.3) is 0 Å². The molecule has 3 aromatic rings. The van der Waals surface area contributed by atoms with Gasteiger partial charge in [0.05, 0.1) is 21.2 Å². The van der Waals surface area contributed by atoms with E-state index in [1.807, 2.05) is 29.7 Å². The molecule has 10 heteroatoms. The summed E-state index contributed by atoms with van der Waals surface area (Å²) in [6, 6.07) is 12.0. The van der Waals surface area contributed by atoms with E-state index >= 15 is 0 Å². The van der Waals surface area contributed by atoms with E-state index in [9.17, 15) is 13.2 Å². The van der Waals surface area contributed by atoms with Gasteiger partial charge in [-0.3, -0.25) is 4.79 Å². The van der Waals surface area contributed by atoms with E-state index in [1.54, 1.807) is 19.1 Å². The van der Waals surface area contributed by atoms with E-state index in [4.69, 9.17) is 16.7 Å². The highest BCUT2D eigenvalue weighted by molar-refractivity contribution is 8.00. The summed E-state index contributed by atoms with van der Waals surface area (Å²) in [5.41, 5.74) is 2.18. The van der Waals surface area contributed by atoms with Crippen molar-refractivity contribution in [3.8, 4) is 0 Å². The number of nitrogens with zero attached hydrogens (tertiary/aromatic N) is 2. The van der Waals surface area contributed by atoms with Gasteiger partial charge < -0.3 is 9.88 Å². The summed E-state index contributed by atoms with van der Waals surface area (Å²) in [5, 5.41) is 8.98. The number of imidazole rings is 1. The number of carbonyl (C=O) groups is 1. The second-order valence-electron chi connectivity index (χ2n) is 6.81. The number of halogens is 1. The topological polar surface area (TPSA) is 107 Å². The average molecular weight is 467 g/mol. The third-order valence-corrected chi connectivity index (χ3v) is 6.89. The lowest BCUT2D eigenvalue weighted by Gasteiger charge is -2.13. The molecule has 0 aliphatic heterocycles. The largest absolute Gasteiger partial charge is 0.351 e. The number of aryl methyl sites for hydroxylation is 1. The van der Waals surface area contributed by atoms with Crippen LogP contribution < -0.4 is 10.5 Å². The molecule has 30 heavy (non-hydrogen) atoms. The minimum atomic E-state index is -3.81. The Bertz CT molecular complexity index is 1180. The SMILES string of the molecule is CCCn1c(SC(C)C(=O)NCc2ccccc2Cl)nc2cc(S(N)(=O)=O)ccc21. The normalized spacial score (nSPS) is 12.8. The Kier molecular flexibility index (Phi) is 7.07. The Labute approximate surface area is 185 Å². The maximum atomic E-state index is 12.6. The summed E-state index contributed by atoms with van der Waals surface area (Å²) in [6.45, 7) is 4.88. The molecule has 0 aliphatic carbocycles. The van der Waals surface area contributed by atoms with Crippen LogP contribution in [0.4, 0.5) is 0 Å². The van der Waals surface area contributed by atoms with Gasteiger partial charge in [-0.05, 0) is 43.2 Å². The molecule has 1 unspecified atom stereocenters. The lowest BCUT2D eigenvalue weighted by atomic mass is 10.2. The summed E-state index contributed by atoms with van der Waals surface area (Å²) in [4.78, 5) is 17.2. The van der Waals surface area contributed by atoms with E-state index in [1.165, 1.54) is 23.9 Å². The zero-order valence-electron chi connectivity index (χ0n) is 16.6. The van der Waals surface area contributed by atoms with Crippen LogP contribution >= 0.6 is 23.4 Å². The highest BCUT2D eigenvalue weighted by Crippen LogP contribution is 2.29. The molecule has 160 valence electrons. The van der Waals surface area contributed by atoms with E-state index in [2.05, 4.69) is 10.3 Å². The summed E-state index contributed by atoms with van der Waals surface area (Å²) < 4.78 is 25.3. The predicted octanol–water partition coefficient (Wildman–Crippen LogP) is 3.54. The van der Waals surface area contributed by atoms with Crippen molar-refractivity contribution in [2.75, 3.05) is 0 Å². The van der Waals surface area contributed by atoms with Crippen molar-refractivity contribution < 1.29 is 13.2 Å². The lowest BCUT2D eigenvalue weighted by Crippen LogP contribution is -2.30. The van der Waals surface area contributed by atoms with Crippen LogP contribution in [0.3, 0.4) is 0 Å². The van der Waals surface area contributed by atoms with Crippen LogP contribution in [0.1, 0.15) is 25.8 Å². The van der Waals surface area contributed by atoms with Crippen molar-refractivity contribution in [3.05, 3.63) is 53.1 Å². The molecule has 0 spiro atoms. The van der Waals surface area contributed by atoms with Gasteiger partial charge in [0, 0.05) is 18.1 Å². The molecular weight excluding hydrogens is 444 g/mol. The van der Waals surface area contributed by atoms with E-state index in [0.717, 1.165) is 17.5 Å². The van der Waals surface area contributed by atoms with E-state index < -0.39 is 15.3 Å². The molecule has 7 nitrogen and oxygen atoms in total. The minimum Gasteiger partial charge on any atom is -0.351 e. The van der Waals surface area contributed by atoms with Crippen LogP contribution in [-0.2, 0) is 27.9 Å². The number of hydrogen-bond acceptors (Lipinski definition) is 5. The summed E-state index contributed by atoms with van der Waals surface area (Å²) in [7, 11) is -3.81. The van der Waals surface area contributed by atoms with Gasteiger partial charge in [0.15, 0.2) is 5.16 Å². The van der Waals surface area contributed by atoms with E-state index in [0.29, 0.717) is 28.8 Å². The number of primary sulfonamides is 1. The Morgan fingerprint density at radius 1 is 1.30 bits per heavy atom. The number of thioether (sulfide) groups is 1. The van der Waals surface area contributed by atoms with Crippen molar-refractivity contribution in [1.82, 2.24) is 14.9 Å². The molecule has 0 radical (unpaired) electrons. The quantitative estimate of drug-likeness (QED) is 0.493. The molecule has 0 aliphatic rings. The monoisotopic (exact) mass is 466 g/mol. The number of fused-ring (bicyclic) bond motifs is 1. The number of hydrogen-bond donors (Lipinski definition) is 2. The number of nitrogens with two attached hydrogens (primary N) is 1. The summed E-state index contributed by atoms with van der Waals surface area (Å²) in [5.74, 6) is -0.139. The first-order chi connectivity index (χ1) is 14.2. The third-order valence-electron chi connectivity index (χ3n) is 4.52. The van der Waals surface area contributed by atoms with Gasteiger partial charge in [-0.25, -0.2) is 18.5 Å². The highest BCUT2D eigenvalue weighted by atomic mass is 35.5. The first-order valence-corrected chi connectivity index (χ1v) is 12.2. The van der Waals surface area contributed by atoms with Crippen LogP contribution in [0.5, 0.6) is 0 Å². The van der Waals surface area contributed by atoms with Gasteiger partial charge >= 0.3 is 0 Å². The fourth-order valence-electron chi connectivity index (χ4n) is 2.97. The maximum Gasteiger partial charge on any atom is 0.238 e. The van der Waals surface area contributed by atoms with Gasteiger partial charge in [-0.15, -0.1) is 0 Å². The zero-order chi connectivity index (χ0) is 21.9. The van der Waals surface area contributed by atoms with Crippen molar-refractivity contribution in [1.29, 1.82) is 0 Å². The molecule has 1 heterocycles. The lowest BCUT2D eigenvalue weighted by molar-refractivity contribution is -0.120. The van der Waals surface area contributed by atoms with Gasteiger partial charge in [-0.2, -0.15) is 0 Å². The summed E-state index contributed by atoms with van der Waals surface area (Å²) in [6.07, 6.45) is 0.864. The number of carbonyl (C=O) groups excluding carboxylic acids is 1. The molecule has 0 fully saturated rings. The second-order valence-corrected chi connectivity index (χ2v) is 10.1. The Balaban J connectivity index is 1.80. The first-order valence-electron chi connectivity index (χ1n) is 9.41. The molecule has 0 saturated heterocycles. The highest BCUT2D eigenvalue weighted by Gasteiger charge is 2.20. The van der Waals surface area contributed by atoms with Gasteiger partial charge in [0.2, 0.25) is 15.9 Å². The van der Waals surface area contributed by atoms with Crippen LogP contribution in [-0.4, -0.2) is 29.1 Å². The number of amides is 1. The molecule has 1 amide bonds. The average Bonchev–Trinajstić information content (AvgIpc) is 3.03. The van der Waals surface area contributed by atoms with Crippen LogP contribution in [0, 0.1) is 0 Å². The fraction of sp³-hybridized carbons (Fsp3) is 0.300. The Morgan fingerprint density at radius 2 is 2.03 bits per heavy atom. The Hall–Kier alpha value is -2.07. The molecule has 1 atom stereocenters. The predicted molar refractivity (Wildman–Crippen MR) is 120 cm³/mol. The third kappa shape index (κ3) is 5.15. The van der Waals surface area contributed by atoms with Gasteiger partial charge in [-0.1, -0.05) is 48.5 Å². The van der Waals surface area contributed by atoms with Crippen molar-refractivity contribution in [2.45, 2.75) is 48.7 Å². The summed E-state index contributed by atoms with van der Waals surface area (Å²) >= 11 is 7.46. The standard InChI is InChI=1S/C20H23ClN4O3S2/c1-3-10-25-18-9-8-15(30(22,27)28)11-17(18)24-20(25)29-13(2)19(26)23-12-14-6-4-5-7-16(14)21/h4-9,11,13H,3,10,12H2,1-2H3,(H,23,26)(H2,22,27,28). The molecular formula is C20H23ClN4O3S2. The number of nitrogens with one attached hydrogen (secondary N) is 1. The van der Waals surface area contributed by atoms with Gasteiger partial charge in [0.1, 0.15) is 0 Å². The van der Waals surface area contributed by atoms with E-state index in [-0.39, 0.29) is 10.8 Å². The minimum absolute atomic E-state index is 0.0122. The van der Waals surface area contributed by atoms with Crippen molar-refractivity contribution >= 4 is 50.3 Å². The number of aromatic nitrogens is 2.